The maximum absolute atomic E-state index is 5.66. The number of para-hydroxylation sites is 1. The molecule has 0 fully saturated rings. The number of anilines is 1. The Labute approximate surface area is 99.3 Å². The largest absolute Gasteiger partial charge is 0.374 e. The van der Waals surface area contributed by atoms with Crippen LogP contribution in [0.4, 0.5) is 5.69 Å². The molecule has 16 heavy (non-hydrogen) atoms. The molecule has 0 atom stereocenters. The number of guanidine groups is 1. The zero-order valence-electron chi connectivity index (χ0n) is 8.68. The van der Waals surface area contributed by atoms with Crippen LogP contribution in [0.2, 0.25) is 0 Å². The number of aliphatic imine (C=N–C) groups is 1. The van der Waals surface area contributed by atoms with Gasteiger partial charge in [0, 0.05) is 6.54 Å². The SMILES string of the molecule is NC(=S)N(NC1=NCCN1)c1ccccc1. The molecule has 0 unspecified atom stereocenters. The monoisotopic (exact) mass is 235 g/mol. The minimum Gasteiger partial charge on any atom is -0.374 e. The minimum atomic E-state index is 0.252. The Balaban J connectivity index is 2.14. The smallest absolute Gasteiger partial charge is 0.211 e. The fourth-order valence-electron chi connectivity index (χ4n) is 1.40. The quantitative estimate of drug-likeness (QED) is 0.479. The lowest BCUT2D eigenvalue weighted by Gasteiger charge is -2.24. The summed E-state index contributed by atoms with van der Waals surface area (Å²) in [4.78, 5) is 4.22. The number of nitrogens with zero attached hydrogens (tertiary/aromatic N) is 2. The molecule has 84 valence electrons. The third kappa shape index (κ3) is 2.40. The van der Waals surface area contributed by atoms with Gasteiger partial charge in [-0.1, -0.05) is 18.2 Å². The molecule has 0 aromatic heterocycles. The molecule has 1 aliphatic rings. The van der Waals surface area contributed by atoms with Crippen LogP contribution in [0, 0.1) is 0 Å². The average Bonchev–Trinajstić information content (AvgIpc) is 2.79. The fraction of sp³-hybridized carbons (Fsp3) is 0.200. The maximum atomic E-state index is 5.66. The molecule has 0 amide bonds. The van der Waals surface area contributed by atoms with Crippen molar-refractivity contribution < 1.29 is 0 Å². The summed E-state index contributed by atoms with van der Waals surface area (Å²) in [6.07, 6.45) is 0. The lowest BCUT2D eigenvalue weighted by atomic mass is 10.3. The Morgan fingerprint density at radius 3 is 2.75 bits per heavy atom. The van der Waals surface area contributed by atoms with E-state index in [0.717, 1.165) is 18.8 Å². The second-order valence-corrected chi connectivity index (χ2v) is 3.70. The van der Waals surface area contributed by atoms with Crippen LogP contribution in [0.3, 0.4) is 0 Å². The van der Waals surface area contributed by atoms with Gasteiger partial charge < -0.3 is 11.1 Å². The number of thiocarbonyl (C=S) groups is 1. The number of nitrogens with two attached hydrogens (primary N) is 1. The Kier molecular flexibility index (Phi) is 3.21. The van der Waals surface area contributed by atoms with Gasteiger partial charge in [0.2, 0.25) is 5.96 Å². The van der Waals surface area contributed by atoms with Crippen molar-refractivity contribution in [3.8, 4) is 0 Å². The van der Waals surface area contributed by atoms with Gasteiger partial charge in [0.1, 0.15) is 0 Å². The first-order valence-electron chi connectivity index (χ1n) is 4.97. The summed E-state index contributed by atoms with van der Waals surface area (Å²) in [5.41, 5.74) is 9.58. The first-order valence-corrected chi connectivity index (χ1v) is 5.38. The van der Waals surface area contributed by atoms with Crippen LogP contribution in [-0.4, -0.2) is 24.2 Å². The number of hydrazine groups is 1. The van der Waals surface area contributed by atoms with Gasteiger partial charge in [0.25, 0.3) is 0 Å². The van der Waals surface area contributed by atoms with Crippen LogP contribution in [-0.2, 0) is 0 Å². The van der Waals surface area contributed by atoms with Crippen LogP contribution in [0.25, 0.3) is 0 Å². The Morgan fingerprint density at radius 1 is 1.44 bits per heavy atom. The van der Waals surface area contributed by atoms with Crippen LogP contribution < -0.4 is 21.5 Å². The Hall–Kier alpha value is -1.82. The van der Waals surface area contributed by atoms with Crippen LogP contribution >= 0.6 is 12.2 Å². The molecule has 0 spiro atoms. The highest BCUT2D eigenvalue weighted by Gasteiger charge is 2.12. The molecular weight excluding hydrogens is 222 g/mol. The summed E-state index contributed by atoms with van der Waals surface area (Å²) < 4.78 is 0. The van der Waals surface area contributed by atoms with Gasteiger partial charge in [0.15, 0.2) is 5.11 Å². The molecule has 0 saturated heterocycles. The van der Waals surface area contributed by atoms with E-state index >= 15 is 0 Å². The normalized spacial score (nSPS) is 13.9. The van der Waals surface area contributed by atoms with E-state index in [4.69, 9.17) is 18.0 Å². The first kappa shape index (κ1) is 10.7. The number of hydrogen-bond acceptors (Lipinski definition) is 4. The van der Waals surface area contributed by atoms with Crippen molar-refractivity contribution in [2.75, 3.05) is 18.1 Å². The molecule has 0 bridgehead atoms. The van der Waals surface area contributed by atoms with Crippen molar-refractivity contribution >= 4 is 29.0 Å². The fourth-order valence-corrected chi connectivity index (χ4v) is 1.55. The van der Waals surface area contributed by atoms with Gasteiger partial charge >= 0.3 is 0 Å². The molecule has 5 nitrogen and oxygen atoms in total. The highest BCUT2D eigenvalue weighted by Crippen LogP contribution is 2.10. The summed E-state index contributed by atoms with van der Waals surface area (Å²) in [6, 6.07) is 9.62. The van der Waals surface area contributed by atoms with Crippen molar-refractivity contribution in [2.45, 2.75) is 0 Å². The van der Waals surface area contributed by atoms with Crippen molar-refractivity contribution in [2.24, 2.45) is 10.7 Å². The van der Waals surface area contributed by atoms with Crippen molar-refractivity contribution in [1.29, 1.82) is 0 Å². The third-order valence-electron chi connectivity index (χ3n) is 2.13. The van der Waals surface area contributed by atoms with E-state index in [1.807, 2.05) is 30.3 Å². The van der Waals surface area contributed by atoms with E-state index in [-0.39, 0.29) is 5.11 Å². The molecule has 0 radical (unpaired) electrons. The average molecular weight is 235 g/mol. The number of nitrogens with one attached hydrogen (secondary N) is 2. The number of rotatable bonds is 1. The molecule has 4 N–H and O–H groups in total. The Morgan fingerprint density at radius 2 is 2.19 bits per heavy atom. The van der Waals surface area contributed by atoms with E-state index in [0.29, 0.717) is 5.96 Å². The topological polar surface area (TPSA) is 65.7 Å². The van der Waals surface area contributed by atoms with E-state index in [1.54, 1.807) is 5.01 Å². The molecule has 1 aromatic carbocycles. The molecule has 0 saturated carbocycles. The summed E-state index contributed by atoms with van der Waals surface area (Å²) in [7, 11) is 0. The second-order valence-electron chi connectivity index (χ2n) is 3.28. The summed E-state index contributed by atoms with van der Waals surface area (Å²) in [5, 5.41) is 4.96. The molecule has 2 rings (SSSR count). The summed E-state index contributed by atoms with van der Waals surface area (Å²) >= 11 is 4.99. The second kappa shape index (κ2) is 4.80. The molecule has 6 heteroatoms. The Bertz CT molecular complexity index is 403. The van der Waals surface area contributed by atoms with Crippen molar-refractivity contribution in [1.82, 2.24) is 10.7 Å². The predicted octanol–water partition coefficient (Wildman–Crippen LogP) is 0.200. The van der Waals surface area contributed by atoms with E-state index in [2.05, 4.69) is 15.7 Å². The van der Waals surface area contributed by atoms with Gasteiger partial charge in [-0.2, -0.15) is 0 Å². The van der Waals surface area contributed by atoms with Gasteiger partial charge in [-0.05, 0) is 24.4 Å². The standard InChI is InChI=1S/C10H13N5S/c11-9(16)15(8-4-2-1-3-5-8)14-10-12-6-7-13-10/h1-5H,6-7H2,(H2,11,16)(H2,12,13,14). The molecule has 0 aliphatic carbocycles. The van der Waals surface area contributed by atoms with Crippen LogP contribution in [0.5, 0.6) is 0 Å². The molecule has 1 aliphatic heterocycles. The zero-order chi connectivity index (χ0) is 11.4. The number of hydrogen-bond donors (Lipinski definition) is 3. The predicted molar refractivity (Wildman–Crippen MR) is 69.1 cm³/mol. The molecular formula is C10H13N5S. The minimum absolute atomic E-state index is 0.252. The maximum Gasteiger partial charge on any atom is 0.211 e. The zero-order valence-corrected chi connectivity index (χ0v) is 9.50. The third-order valence-corrected chi connectivity index (χ3v) is 2.31. The van der Waals surface area contributed by atoms with Gasteiger partial charge in [0.05, 0.1) is 12.2 Å². The number of benzene rings is 1. The van der Waals surface area contributed by atoms with Crippen molar-refractivity contribution in [3.63, 3.8) is 0 Å². The summed E-state index contributed by atoms with van der Waals surface area (Å²) in [5.74, 6) is 0.691. The van der Waals surface area contributed by atoms with Gasteiger partial charge in [-0.25, -0.2) is 5.01 Å². The van der Waals surface area contributed by atoms with E-state index in [9.17, 15) is 0 Å². The van der Waals surface area contributed by atoms with Crippen LogP contribution in [0.15, 0.2) is 35.3 Å². The van der Waals surface area contributed by atoms with Gasteiger partial charge in [-0.3, -0.25) is 10.4 Å². The van der Waals surface area contributed by atoms with E-state index < -0.39 is 0 Å². The van der Waals surface area contributed by atoms with Crippen molar-refractivity contribution in [3.05, 3.63) is 30.3 Å². The lowest BCUT2D eigenvalue weighted by molar-refractivity contribution is 0.897. The van der Waals surface area contributed by atoms with Gasteiger partial charge in [-0.15, -0.1) is 0 Å². The van der Waals surface area contributed by atoms with E-state index in [1.165, 1.54) is 0 Å². The summed E-state index contributed by atoms with van der Waals surface area (Å²) in [6.45, 7) is 1.60. The van der Waals surface area contributed by atoms with Crippen LogP contribution in [0.1, 0.15) is 0 Å². The first-order chi connectivity index (χ1) is 7.77. The lowest BCUT2D eigenvalue weighted by Crippen LogP contribution is -2.52. The highest BCUT2D eigenvalue weighted by molar-refractivity contribution is 7.80. The molecule has 1 aromatic rings. The molecule has 1 heterocycles. The highest BCUT2D eigenvalue weighted by atomic mass is 32.1.